The van der Waals surface area contributed by atoms with E-state index in [2.05, 4.69) is 47.0 Å². The van der Waals surface area contributed by atoms with Crippen LogP contribution in [-0.2, 0) is 16.6 Å². The summed E-state index contributed by atoms with van der Waals surface area (Å²) in [5, 5.41) is 8.42. The van der Waals surface area contributed by atoms with Crippen LogP contribution >= 0.6 is 43.5 Å². The predicted molar refractivity (Wildman–Crippen MR) is 150 cm³/mol. The van der Waals surface area contributed by atoms with Crippen molar-refractivity contribution in [2.24, 2.45) is 0 Å². The van der Waals surface area contributed by atoms with Crippen molar-refractivity contribution < 1.29 is 8.42 Å². The lowest BCUT2D eigenvalue weighted by Gasteiger charge is -2.13. The number of hydrogen-bond donors (Lipinski definition) is 2. The number of anilines is 2. The number of nitrogens with one attached hydrogen (secondary N) is 2. The van der Waals surface area contributed by atoms with Crippen LogP contribution in [0.15, 0.2) is 98.9 Å². The quantitative estimate of drug-likeness (QED) is 0.199. The number of nitrogens with zero attached hydrogens (tertiary/aromatic N) is 3. The first-order valence-electron chi connectivity index (χ1n) is 10.7. The van der Waals surface area contributed by atoms with E-state index in [4.69, 9.17) is 16.6 Å². The highest BCUT2D eigenvalue weighted by molar-refractivity contribution is 9.11. The number of benzene rings is 3. The van der Waals surface area contributed by atoms with Crippen molar-refractivity contribution in [1.82, 2.24) is 14.6 Å². The smallest absolute Gasteiger partial charge is 0.263 e. The van der Waals surface area contributed by atoms with Gasteiger partial charge in [0.05, 0.1) is 16.4 Å². The third-order valence-corrected chi connectivity index (χ3v) is 8.67. The first-order valence-corrected chi connectivity index (χ1v) is 14.2. The van der Waals surface area contributed by atoms with Crippen molar-refractivity contribution in [3.8, 4) is 11.3 Å². The van der Waals surface area contributed by atoms with Gasteiger partial charge in [0.25, 0.3) is 10.0 Å². The van der Waals surface area contributed by atoms with E-state index >= 15 is 0 Å². The van der Waals surface area contributed by atoms with E-state index in [1.807, 2.05) is 42.5 Å². The third-order valence-electron chi connectivity index (χ3n) is 5.38. The first-order chi connectivity index (χ1) is 17.3. The molecule has 0 atom stereocenters. The molecule has 0 unspecified atom stereocenters. The minimum Gasteiger partial charge on any atom is -0.366 e. The largest absolute Gasteiger partial charge is 0.366 e. The summed E-state index contributed by atoms with van der Waals surface area (Å²) in [6.45, 7) is 0.482. The highest BCUT2D eigenvalue weighted by atomic mass is 79.9. The van der Waals surface area contributed by atoms with E-state index in [0.717, 1.165) is 21.4 Å². The van der Waals surface area contributed by atoms with Crippen LogP contribution in [0.25, 0.3) is 16.9 Å². The van der Waals surface area contributed by atoms with Gasteiger partial charge >= 0.3 is 0 Å². The number of aromatic nitrogens is 3. The molecule has 2 aromatic heterocycles. The highest BCUT2D eigenvalue weighted by Gasteiger charge is 2.17. The van der Waals surface area contributed by atoms with Crippen LogP contribution in [0.2, 0.25) is 5.02 Å². The molecule has 0 amide bonds. The van der Waals surface area contributed by atoms with Crippen LogP contribution < -0.4 is 10.0 Å². The monoisotopic (exact) mass is 645 g/mol. The summed E-state index contributed by atoms with van der Waals surface area (Å²) in [5.41, 5.74) is 3.62. The molecule has 0 aliphatic heterocycles. The Morgan fingerprint density at radius 2 is 1.64 bits per heavy atom. The maximum absolute atomic E-state index is 12.7. The van der Waals surface area contributed by atoms with Gasteiger partial charge in [-0.1, -0.05) is 54.1 Å². The van der Waals surface area contributed by atoms with Crippen LogP contribution in [-0.4, -0.2) is 23.0 Å². The zero-order chi connectivity index (χ0) is 25.3. The molecule has 5 aromatic rings. The van der Waals surface area contributed by atoms with Crippen molar-refractivity contribution in [2.75, 3.05) is 10.0 Å². The molecule has 5 rings (SSSR count). The topological polar surface area (TPSA) is 88.4 Å². The Morgan fingerprint density at radius 1 is 0.917 bits per heavy atom. The second-order valence-corrected chi connectivity index (χ2v) is 11.6. The number of fused-ring (bicyclic) bond motifs is 1. The fourth-order valence-corrected chi connectivity index (χ4v) is 6.27. The summed E-state index contributed by atoms with van der Waals surface area (Å²) < 4.78 is 31.1. The number of rotatable bonds is 7. The summed E-state index contributed by atoms with van der Waals surface area (Å²) >= 11 is 13.2. The van der Waals surface area contributed by atoms with Crippen LogP contribution in [0.4, 0.5) is 11.5 Å². The van der Waals surface area contributed by atoms with E-state index in [9.17, 15) is 8.42 Å². The van der Waals surface area contributed by atoms with E-state index in [1.165, 1.54) is 0 Å². The molecule has 36 heavy (non-hydrogen) atoms. The van der Waals surface area contributed by atoms with Crippen molar-refractivity contribution in [3.05, 3.63) is 105 Å². The molecule has 0 aliphatic carbocycles. The first kappa shape index (κ1) is 24.8. The van der Waals surface area contributed by atoms with Crippen molar-refractivity contribution in [1.29, 1.82) is 0 Å². The Bertz CT molecular complexity index is 1670. The van der Waals surface area contributed by atoms with Gasteiger partial charge in [0, 0.05) is 33.4 Å². The maximum atomic E-state index is 12.7. The average Bonchev–Trinajstić information content (AvgIpc) is 3.24. The number of hydrogen-bond acceptors (Lipinski definition) is 5. The van der Waals surface area contributed by atoms with Gasteiger partial charge in [-0.15, -0.1) is 0 Å². The number of halogens is 3. The molecule has 182 valence electrons. The molecular weight excluding hydrogens is 630 g/mol. The Morgan fingerprint density at radius 3 is 2.39 bits per heavy atom. The van der Waals surface area contributed by atoms with Gasteiger partial charge in [-0.25, -0.2) is 13.4 Å². The zero-order valence-corrected chi connectivity index (χ0v) is 23.2. The molecule has 0 spiro atoms. The lowest BCUT2D eigenvalue weighted by Crippen LogP contribution is -2.13. The zero-order valence-electron chi connectivity index (χ0n) is 18.5. The Kier molecular flexibility index (Phi) is 7.03. The molecule has 0 saturated carbocycles. The van der Waals surface area contributed by atoms with Gasteiger partial charge in [0.15, 0.2) is 5.65 Å². The summed E-state index contributed by atoms with van der Waals surface area (Å²) in [7, 11) is -3.72. The Labute approximate surface area is 229 Å². The van der Waals surface area contributed by atoms with Gasteiger partial charge in [-0.05, 0) is 67.8 Å². The fraction of sp³-hybridized carbons (Fsp3) is 0.0400. The van der Waals surface area contributed by atoms with Crippen LogP contribution in [0.3, 0.4) is 0 Å². The summed E-state index contributed by atoms with van der Waals surface area (Å²) in [4.78, 5) is 4.90. The van der Waals surface area contributed by atoms with Crippen LogP contribution in [0.5, 0.6) is 0 Å². The van der Waals surface area contributed by atoms with Gasteiger partial charge in [0.2, 0.25) is 0 Å². The summed E-state index contributed by atoms with van der Waals surface area (Å²) in [6.07, 6.45) is 1.69. The molecule has 0 aliphatic rings. The van der Waals surface area contributed by atoms with E-state index in [1.54, 1.807) is 47.1 Å². The summed E-state index contributed by atoms with van der Waals surface area (Å²) in [5.74, 6) is 0.735. The van der Waals surface area contributed by atoms with E-state index in [-0.39, 0.29) is 4.90 Å². The molecule has 2 N–H and O–H groups in total. The Hall–Kier alpha value is -2.92. The molecule has 0 fully saturated rings. The van der Waals surface area contributed by atoms with Crippen molar-refractivity contribution >= 4 is 70.6 Å². The van der Waals surface area contributed by atoms with Gasteiger partial charge in [-0.2, -0.15) is 9.61 Å². The Balaban J connectivity index is 1.36. The minimum atomic E-state index is -3.72. The van der Waals surface area contributed by atoms with E-state index < -0.39 is 10.0 Å². The van der Waals surface area contributed by atoms with Crippen LogP contribution in [0.1, 0.15) is 5.56 Å². The molecule has 11 heteroatoms. The molecule has 7 nitrogen and oxygen atoms in total. The SMILES string of the molecule is O=S(=O)(Nc1ccc(CNc2cc(-c3ccccc3Cl)nc3c(Br)cnn23)cc1)c1ccccc1Br. The predicted octanol–water partition coefficient (Wildman–Crippen LogP) is 6.99. The molecule has 0 radical (unpaired) electrons. The maximum Gasteiger partial charge on any atom is 0.263 e. The average molecular weight is 648 g/mol. The van der Waals surface area contributed by atoms with Gasteiger partial charge in [0.1, 0.15) is 10.7 Å². The van der Waals surface area contributed by atoms with Crippen molar-refractivity contribution in [2.45, 2.75) is 11.4 Å². The van der Waals surface area contributed by atoms with Gasteiger partial charge in [-0.3, -0.25) is 4.72 Å². The van der Waals surface area contributed by atoms with Gasteiger partial charge < -0.3 is 5.32 Å². The van der Waals surface area contributed by atoms with E-state index in [0.29, 0.717) is 33.1 Å². The van der Waals surface area contributed by atoms with Crippen LogP contribution in [0, 0.1) is 0 Å². The molecule has 0 bridgehead atoms. The molecule has 3 aromatic carbocycles. The molecular formula is C25H18Br2ClN5O2S. The normalized spacial score (nSPS) is 11.5. The number of sulfonamides is 1. The third kappa shape index (κ3) is 5.12. The fourth-order valence-electron chi connectivity index (χ4n) is 3.62. The lowest BCUT2D eigenvalue weighted by atomic mass is 10.1. The van der Waals surface area contributed by atoms with Crippen molar-refractivity contribution in [3.63, 3.8) is 0 Å². The lowest BCUT2D eigenvalue weighted by molar-refractivity contribution is 0.601. The molecule has 0 saturated heterocycles. The second kappa shape index (κ2) is 10.2. The standard InChI is InChI=1S/C25H18Br2ClN5O2S/c26-19-6-2-4-8-23(19)36(34,35)32-17-11-9-16(10-12-17)14-29-24-13-22(18-5-1-3-7-21(18)28)31-25-20(27)15-30-33(24)25/h1-13,15,29,32H,14H2. The molecule has 2 heterocycles. The minimum absolute atomic E-state index is 0.178. The second-order valence-electron chi connectivity index (χ2n) is 7.82. The highest BCUT2D eigenvalue weighted by Crippen LogP contribution is 2.30. The summed E-state index contributed by atoms with van der Waals surface area (Å²) in [6, 6.07) is 23.3.